The molecule has 4 nitrogen and oxygen atoms in total. The van der Waals surface area contributed by atoms with Crippen LogP contribution in [0.2, 0.25) is 0 Å². The second-order valence-corrected chi connectivity index (χ2v) is 5.21. The van der Waals surface area contributed by atoms with Crippen LogP contribution in [0.4, 0.5) is 15.8 Å². The average molecular weight is 339 g/mol. The quantitative estimate of drug-likeness (QED) is 0.663. The number of nitrogens with zero attached hydrogens (tertiary/aromatic N) is 1. The molecule has 0 aromatic heterocycles. The first-order valence-corrected chi connectivity index (χ1v) is 6.69. The van der Waals surface area contributed by atoms with Gasteiger partial charge >= 0.3 is 0 Å². The van der Waals surface area contributed by atoms with Crippen molar-refractivity contribution in [3.63, 3.8) is 0 Å². The molecule has 0 spiro atoms. The van der Waals surface area contributed by atoms with E-state index in [1.165, 1.54) is 0 Å². The third-order valence-corrected chi connectivity index (χ3v) is 3.73. The fourth-order valence-electron chi connectivity index (χ4n) is 1.75. The van der Waals surface area contributed by atoms with Crippen LogP contribution in [0.15, 0.2) is 40.9 Å². The van der Waals surface area contributed by atoms with E-state index in [2.05, 4.69) is 21.2 Å². The monoisotopic (exact) mass is 338 g/mol. The van der Waals surface area contributed by atoms with Crippen LogP contribution in [0.3, 0.4) is 0 Å². The predicted molar refractivity (Wildman–Crippen MR) is 79.3 cm³/mol. The molecular weight excluding hydrogens is 327 g/mol. The van der Waals surface area contributed by atoms with E-state index < -0.39 is 10.7 Å². The third kappa shape index (κ3) is 3.33. The molecule has 0 unspecified atom stereocenters. The number of anilines is 1. The third-order valence-electron chi connectivity index (χ3n) is 2.87. The molecule has 0 aliphatic rings. The number of nitrogens with one attached hydrogen (secondary N) is 1. The van der Waals surface area contributed by atoms with E-state index >= 15 is 0 Å². The molecule has 0 radical (unpaired) electrons. The van der Waals surface area contributed by atoms with Crippen molar-refractivity contribution >= 4 is 27.3 Å². The van der Waals surface area contributed by atoms with Gasteiger partial charge in [0.15, 0.2) is 0 Å². The van der Waals surface area contributed by atoms with Crippen LogP contribution in [0.25, 0.3) is 0 Å². The van der Waals surface area contributed by atoms with Gasteiger partial charge in [-0.15, -0.1) is 0 Å². The highest BCUT2D eigenvalue weighted by atomic mass is 79.9. The number of aryl methyl sites for hydroxylation is 1. The highest BCUT2D eigenvalue weighted by Crippen LogP contribution is 2.26. The zero-order chi connectivity index (χ0) is 14.7. The van der Waals surface area contributed by atoms with Gasteiger partial charge in [-0.05, 0) is 30.2 Å². The Morgan fingerprint density at radius 3 is 2.70 bits per heavy atom. The molecule has 2 aromatic rings. The molecule has 20 heavy (non-hydrogen) atoms. The largest absolute Gasteiger partial charge is 0.375 e. The van der Waals surface area contributed by atoms with Crippen molar-refractivity contribution in [3.8, 4) is 0 Å². The van der Waals surface area contributed by atoms with E-state index in [4.69, 9.17) is 0 Å². The van der Waals surface area contributed by atoms with Gasteiger partial charge < -0.3 is 5.32 Å². The van der Waals surface area contributed by atoms with Gasteiger partial charge in [-0.3, -0.25) is 10.1 Å². The predicted octanol–water partition coefficient (Wildman–Crippen LogP) is 4.42. The summed E-state index contributed by atoms with van der Waals surface area (Å²) in [5.41, 5.74) is 2.08. The molecule has 2 aromatic carbocycles. The summed E-state index contributed by atoms with van der Waals surface area (Å²) in [6, 6.07) is 9.14. The van der Waals surface area contributed by atoms with Crippen molar-refractivity contribution in [2.75, 3.05) is 5.32 Å². The number of nitro groups is 1. The Morgan fingerprint density at radius 2 is 2.05 bits per heavy atom. The van der Waals surface area contributed by atoms with Crippen molar-refractivity contribution in [2.45, 2.75) is 13.5 Å². The van der Waals surface area contributed by atoms with Crippen molar-refractivity contribution in [2.24, 2.45) is 0 Å². The lowest BCUT2D eigenvalue weighted by Crippen LogP contribution is -2.03. The topological polar surface area (TPSA) is 55.2 Å². The van der Waals surface area contributed by atoms with E-state index in [1.54, 1.807) is 0 Å². The Morgan fingerprint density at radius 1 is 1.30 bits per heavy atom. The minimum atomic E-state index is -0.535. The van der Waals surface area contributed by atoms with E-state index in [9.17, 15) is 14.5 Å². The summed E-state index contributed by atoms with van der Waals surface area (Å²) >= 11 is 3.43. The zero-order valence-corrected chi connectivity index (χ0v) is 12.3. The minimum absolute atomic E-state index is 0.141. The smallest absolute Gasteiger partial charge is 0.292 e. The van der Waals surface area contributed by atoms with Crippen LogP contribution in [0, 0.1) is 22.9 Å². The van der Waals surface area contributed by atoms with Crippen LogP contribution in [0.5, 0.6) is 0 Å². The molecule has 0 aliphatic heterocycles. The highest BCUT2D eigenvalue weighted by Gasteiger charge is 2.14. The van der Waals surface area contributed by atoms with Gasteiger partial charge in [-0.1, -0.05) is 28.1 Å². The van der Waals surface area contributed by atoms with Crippen LogP contribution in [-0.4, -0.2) is 4.92 Å². The van der Waals surface area contributed by atoms with E-state index in [0.717, 1.165) is 33.8 Å². The fraction of sp³-hybridized carbons (Fsp3) is 0.143. The maximum absolute atomic E-state index is 13.2. The van der Waals surface area contributed by atoms with E-state index in [1.807, 2.05) is 25.1 Å². The molecule has 6 heteroatoms. The Labute approximate surface area is 123 Å². The molecule has 0 amide bonds. The van der Waals surface area contributed by atoms with Crippen LogP contribution in [0.1, 0.15) is 11.1 Å². The van der Waals surface area contributed by atoms with Crippen LogP contribution in [-0.2, 0) is 6.54 Å². The molecule has 0 fully saturated rings. The first-order chi connectivity index (χ1) is 9.47. The summed E-state index contributed by atoms with van der Waals surface area (Å²) in [7, 11) is 0. The molecule has 0 aliphatic carbocycles. The summed E-state index contributed by atoms with van der Waals surface area (Å²) < 4.78 is 14.1. The molecular formula is C14H12BrFN2O2. The summed E-state index contributed by atoms with van der Waals surface area (Å²) in [5, 5.41) is 13.8. The Kier molecular flexibility index (Phi) is 4.34. The molecule has 0 bridgehead atoms. The fourth-order valence-corrected chi connectivity index (χ4v) is 2.18. The summed E-state index contributed by atoms with van der Waals surface area (Å²) in [6.07, 6.45) is 0. The van der Waals surface area contributed by atoms with Crippen molar-refractivity contribution in [1.29, 1.82) is 0 Å². The average Bonchev–Trinajstić information content (AvgIpc) is 2.40. The molecule has 0 saturated carbocycles. The Bertz CT molecular complexity index is 662. The van der Waals surface area contributed by atoms with Gasteiger partial charge in [0.2, 0.25) is 0 Å². The standard InChI is InChI=1S/C14H12BrFN2O2/c1-9-2-3-10(6-12(9)15)8-17-13-7-11(16)4-5-14(13)18(19)20/h2-7,17H,8H2,1H3. The van der Waals surface area contributed by atoms with Crippen LogP contribution < -0.4 is 5.32 Å². The number of nitro benzene ring substituents is 1. The van der Waals surface area contributed by atoms with Gasteiger partial charge in [0.05, 0.1) is 4.92 Å². The summed E-state index contributed by atoms with van der Waals surface area (Å²) in [5.74, 6) is -0.511. The van der Waals surface area contributed by atoms with Crippen molar-refractivity contribution in [1.82, 2.24) is 0 Å². The zero-order valence-electron chi connectivity index (χ0n) is 10.7. The lowest BCUT2D eigenvalue weighted by Gasteiger charge is -2.08. The second-order valence-electron chi connectivity index (χ2n) is 4.36. The van der Waals surface area contributed by atoms with Gasteiger partial charge in [0.1, 0.15) is 11.5 Å². The first-order valence-electron chi connectivity index (χ1n) is 5.90. The Balaban J connectivity index is 2.20. The molecule has 0 saturated heterocycles. The number of hydrogen-bond donors (Lipinski definition) is 1. The van der Waals surface area contributed by atoms with E-state index in [0.29, 0.717) is 6.54 Å². The molecule has 104 valence electrons. The lowest BCUT2D eigenvalue weighted by atomic mass is 10.1. The van der Waals surface area contributed by atoms with E-state index in [-0.39, 0.29) is 11.4 Å². The maximum atomic E-state index is 13.2. The lowest BCUT2D eigenvalue weighted by molar-refractivity contribution is -0.384. The van der Waals surface area contributed by atoms with Crippen LogP contribution >= 0.6 is 15.9 Å². The second kappa shape index (κ2) is 6.00. The minimum Gasteiger partial charge on any atom is -0.375 e. The van der Waals surface area contributed by atoms with Crippen molar-refractivity contribution < 1.29 is 9.31 Å². The highest BCUT2D eigenvalue weighted by molar-refractivity contribution is 9.10. The number of benzene rings is 2. The Hall–Kier alpha value is -1.95. The normalized spacial score (nSPS) is 10.3. The molecule has 0 heterocycles. The maximum Gasteiger partial charge on any atom is 0.292 e. The SMILES string of the molecule is Cc1ccc(CNc2cc(F)ccc2[N+](=O)[O-])cc1Br. The molecule has 1 N–H and O–H groups in total. The van der Waals surface area contributed by atoms with Crippen molar-refractivity contribution in [3.05, 3.63) is 67.9 Å². The first kappa shape index (κ1) is 14.5. The van der Waals surface area contributed by atoms with Gasteiger partial charge in [0, 0.05) is 23.2 Å². The number of rotatable bonds is 4. The summed E-state index contributed by atoms with van der Waals surface area (Å²) in [4.78, 5) is 10.3. The summed E-state index contributed by atoms with van der Waals surface area (Å²) in [6.45, 7) is 2.35. The van der Waals surface area contributed by atoms with Gasteiger partial charge in [-0.2, -0.15) is 0 Å². The van der Waals surface area contributed by atoms with Gasteiger partial charge in [0.25, 0.3) is 5.69 Å². The van der Waals surface area contributed by atoms with Gasteiger partial charge in [-0.25, -0.2) is 4.39 Å². The molecule has 2 rings (SSSR count). The number of hydrogen-bond acceptors (Lipinski definition) is 3. The number of halogens is 2. The molecule has 0 atom stereocenters.